The summed E-state index contributed by atoms with van der Waals surface area (Å²) in [6.07, 6.45) is 43.9. The van der Waals surface area contributed by atoms with Crippen molar-refractivity contribution < 1.29 is 38.2 Å². The van der Waals surface area contributed by atoms with E-state index in [2.05, 4.69) is 26.0 Å². The van der Waals surface area contributed by atoms with E-state index in [1.807, 2.05) is 21.1 Å². The van der Waals surface area contributed by atoms with Gasteiger partial charge in [-0.2, -0.15) is 0 Å². The van der Waals surface area contributed by atoms with E-state index in [4.69, 9.17) is 14.2 Å². The van der Waals surface area contributed by atoms with Crippen molar-refractivity contribution in [3.8, 4) is 0 Å². The maximum atomic E-state index is 12.8. The molecule has 0 fully saturated rings. The van der Waals surface area contributed by atoms with Crippen LogP contribution in [-0.2, 0) is 28.6 Å². The van der Waals surface area contributed by atoms with Crippen LogP contribution in [0.5, 0.6) is 0 Å². The molecule has 0 saturated carbocycles. The van der Waals surface area contributed by atoms with Gasteiger partial charge in [0.15, 0.2) is 12.1 Å². The number of carboxylic acids is 1. The van der Waals surface area contributed by atoms with Crippen molar-refractivity contribution in [1.82, 2.24) is 0 Å². The van der Waals surface area contributed by atoms with E-state index in [1.54, 1.807) is 0 Å². The Kier molecular flexibility index (Phi) is 39.4. The van der Waals surface area contributed by atoms with Gasteiger partial charge >= 0.3 is 17.9 Å². The summed E-state index contributed by atoms with van der Waals surface area (Å²) >= 11 is 0. The molecule has 57 heavy (non-hydrogen) atoms. The Morgan fingerprint density at radius 3 is 1.26 bits per heavy atom. The number of rotatable bonds is 44. The molecule has 0 aromatic heterocycles. The molecule has 0 aliphatic rings. The molecule has 0 saturated heterocycles. The molecule has 0 heterocycles. The molecule has 0 rings (SSSR count). The number of carboxylic acid groups (broad SMARTS) is 1. The summed E-state index contributed by atoms with van der Waals surface area (Å²) in [5, 5.41) is 9.63. The minimum absolute atomic E-state index is 0.0463. The standard InChI is InChI=1S/C49H93NO7/c1-6-8-10-12-14-16-18-20-22-24-26-28-30-32-34-36-38-40-48(52)57-45(43-55-42-41-46(49(53)54)50(3,4)5)44-56-47(51)39-37-35-33-31-29-27-25-23-21-19-17-15-13-11-9-7-2/h20,22,45-46H,6-19,21,23-44H2,1-5H3/p+1/b22-20-. The third kappa shape index (κ3) is 39.3. The van der Waals surface area contributed by atoms with Crippen LogP contribution >= 0.6 is 0 Å². The Morgan fingerprint density at radius 2 is 0.877 bits per heavy atom. The summed E-state index contributed by atoms with van der Waals surface area (Å²) in [4.78, 5) is 37.1. The van der Waals surface area contributed by atoms with E-state index in [-0.39, 0.29) is 36.2 Å². The highest BCUT2D eigenvalue weighted by molar-refractivity contribution is 5.72. The predicted octanol–water partition coefficient (Wildman–Crippen LogP) is 13.5. The van der Waals surface area contributed by atoms with Crippen molar-refractivity contribution in [1.29, 1.82) is 0 Å². The zero-order valence-corrected chi connectivity index (χ0v) is 38.3. The highest BCUT2D eigenvalue weighted by Gasteiger charge is 2.31. The summed E-state index contributed by atoms with van der Waals surface area (Å²) < 4.78 is 17.3. The van der Waals surface area contributed by atoms with Crippen molar-refractivity contribution in [2.45, 2.75) is 244 Å². The lowest BCUT2D eigenvalue weighted by Gasteiger charge is -2.31. The van der Waals surface area contributed by atoms with Gasteiger partial charge < -0.3 is 23.8 Å². The van der Waals surface area contributed by atoms with Gasteiger partial charge in [-0.3, -0.25) is 9.59 Å². The fraction of sp³-hybridized carbons (Fsp3) is 0.898. The van der Waals surface area contributed by atoms with Crippen molar-refractivity contribution in [3.05, 3.63) is 12.2 Å². The molecule has 8 heteroatoms. The summed E-state index contributed by atoms with van der Waals surface area (Å²) in [5.41, 5.74) is 0. The van der Waals surface area contributed by atoms with Gasteiger partial charge in [-0.15, -0.1) is 0 Å². The number of hydrogen-bond acceptors (Lipinski definition) is 6. The first-order valence-corrected chi connectivity index (χ1v) is 24.2. The van der Waals surface area contributed by atoms with Crippen LogP contribution in [0.2, 0.25) is 0 Å². The van der Waals surface area contributed by atoms with Crippen LogP contribution in [0.1, 0.15) is 232 Å². The Bertz CT molecular complexity index is 947. The Balaban J connectivity index is 4.26. The van der Waals surface area contributed by atoms with Gasteiger partial charge in [-0.05, 0) is 38.5 Å². The Hall–Kier alpha value is -1.93. The van der Waals surface area contributed by atoms with E-state index >= 15 is 0 Å². The van der Waals surface area contributed by atoms with Crippen LogP contribution < -0.4 is 0 Å². The molecule has 0 bridgehead atoms. The highest BCUT2D eigenvalue weighted by Crippen LogP contribution is 2.16. The lowest BCUT2D eigenvalue weighted by atomic mass is 10.0. The Morgan fingerprint density at radius 1 is 0.509 bits per heavy atom. The summed E-state index contributed by atoms with van der Waals surface area (Å²) in [6.45, 7) is 4.77. The number of hydrogen-bond donors (Lipinski definition) is 1. The first-order chi connectivity index (χ1) is 27.6. The number of esters is 2. The summed E-state index contributed by atoms with van der Waals surface area (Å²) in [7, 11) is 5.54. The van der Waals surface area contributed by atoms with Gasteiger partial charge in [0.05, 0.1) is 34.4 Å². The molecule has 0 amide bonds. The number of ether oxygens (including phenoxy) is 3. The lowest BCUT2D eigenvalue weighted by molar-refractivity contribution is -0.887. The number of aliphatic carboxylic acids is 1. The number of carbonyl (C=O) groups is 3. The minimum Gasteiger partial charge on any atom is -0.477 e. The zero-order valence-electron chi connectivity index (χ0n) is 38.3. The van der Waals surface area contributed by atoms with Crippen molar-refractivity contribution >= 4 is 17.9 Å². The van der Waals surface area contributed by atoms with Crippen LogP contribution in [0.4, 0.5) is 0 Å². The summed E-state index contributed by atoms with van der Waals surface area (Å²) in [6, 6.07) is -0.611. The first kappa shape index (κ1) is 55.1. The molecule has 0 radical (unpaired) electrons. The fourth-order valence-electron chi connectivity index (χ4n) is 7.38. The first-order valence-electron chi connectivity index (χ1n) is 24.2. The van der Waals surface area contributed by atoms with Crippen LogP contribution in [0, 0.1) is 0 Å². The highest BCUT2D eigenvalue weighted by atomic mass is 16.6. The lowest BCUT2D eigenvalue weighted by Crippen LogP contribution is -2.50. The molecule has 0 aromatic rings. The van der Waals surface area contributed by atoms with E-state index in [0.717, 1.165) is 38.5 Å². The number of unbranched alkanes of at least 4 members (excludes halogenated alkanes) is 28. The average Bonchev–Trinajstić information content (AvgIpc) is 3.17. The SMILES string of the molecule is CCCCCCCC/C=C\CCCCCCCCCC(=O)OC(COCCC(C(=O)O)[N+](C)(C)C)COC(=O)CCCCCCCCCCCCCCCCCC. The molecular formula is C49H94NO7+. The predicted molar refractivity (Wildman–Crippen MR) is 239 cm³/mol. The van der Waals surface area contributed by atoms with Crippen molar-refractivity contribution in [3.63, 3.8) is 0 Å². The summed E-state index contributed by atoms with van der Waals surface area (Å²) in [5.74, 6) is -1.45. The quantitative estimate of drug-likeness (QED) is 0.0283. The largest absolute Gasteiger partial charge is 0.477 e. The molecule has 0 spiro atoms. The Labute approximate surface area is 352 Å². The number of quaternary nitrogens is 1. The van der Waals surface area contributed by atoms with E-state index < -0.39 is 18.1 Å². The molecule has 0 aliphatic heterocycles. The third-order valence-electron chi connectivity index (χ3n) is 11.2. The van der Waals surface area contributed by atoms with Gasteiger partial charge in [0.1, 0.15) is 6.61 Å². The van der Waals surface area contributed by atoms with Gasteiger partial charge in [0.25, 0.3) is 0 Å². The van der Waals surface area contributed by atoms with Crippen LogP contribution in [-0.4, -0.2) is 80.6 Å². The van der Waals surface area contributed by atoms with Crippen molar-refractivity contribution in [2.75, 3.05) is 41.0 Å². The third-order valence-corrected chi connectivity index (χ3v) is 11.2. The van der Waals surface area contributed by atoms with Gasteiger partial charge in [-0.25, -0.2) is 4.79 Å². The minimum atomic E-state index is -0.872. The molecule has 336 valence electrons. The fourth-order valence-corrected chi connectivity index (χ4v) is 7.38. The second-order valence-electron chi connectivity index (χ2n) is 17.7. The van der Waals surface area contributed by atoms with Gasteiger partial charge in [-0.1, -0.05) is 187 Å². The number of carbonyl (C=O) groups excluding carboxylic acids is 2. The molecular weight excluding hydrogens is 715 g/mol. The number of likely N-dealkylation sites (N-methyl/N-ethyl adjacent to an activating group) is 1. The maximum Gasteiger partial charge on any atom is 0.362 e. The smallest absolute Gasteiger partial charge is 0.362 e. The van der Waals surface area contributed by atoms with Gasteiger partial charge in [0, 0.05) is 19.3 Å². The van der Waals surface area contributed by atoms with Crippen molar-refractivity contribution in [2.24, 2.45) is 0 Å². The van der Waals surface area contributed by atoms with E-state index in [0.29, 0.717) is 19.3 Å². The zero-order chi connectivity index (χ0) is 42.1. The molecule has 2 unspecified atom stereocenters. The second kappa shape index (κ2) is 40.8. The van der Waals surface area contributed by atoms with Crippen LogP contribution in [0.3, 0.4) is 0 Å². The normalized spacial score (nSPS) is 12.9. The molecule has 1 N–H and O–H groups in total. The molecule has 0 aromatic carbocycles. The molecule has 8 nitrogen and oxygen atoms in total. The molecule has 0 aliphatic carbocycles. The van der Waals surface area contributed by atoms with Crippen LogP contribution in [0.15, 0.2) is 12.2 Å². The number of allylic oxidation sites excluding steroid dienone is 2. The number of nitrogens with zero attached hydrogens (tertiary/aromatic N) is 1. The molecule has 2 atom stereocenters. The average molecular weight is 809 g/mol. The van der Waals surface area contributed by atoms with E-state index in [1.165, 1.54) is 161 Å². The topological polar surface area (TPSA) is 99.1 Å². The monoisotopic (exact) mass is 809 g/mol. The van der Waals surface area contributed by atoms with Crippen LogP contribution in [0.25, 0.3) is 0 Å². The second-order valence-corrected chi connectivity index (χ2v) is 17.7. The maximum absolute atomic E-state index is 12.8. The van der Waals surface area contributed by atoms with E-state index in [9.17, 15) is 19.5 Å². The van der Waals surface area contributed by atoms with Gasteiger partial charge in [0.2, 0.25) is 0 Å².